The molecule has 2 saturated heterocycles. The van der Waals surface area contributed by atoms with Crippen LogP contribution in [-0.4, -0.2) is 60.4 Å². The fourth-order valence-electron chi connectivity index (χ4n) is 6.13. The van der Waals surface area contributed by atoms with Crippen LogP contribution in [0.2, 0.25) is 0 Å². The van der Waals surface area contributed by atoms with Gasteiger partial charge < -0.3 is 9.80 Å². The van der Waals surface area contributed by atoms with Crippen LogP contribution in [0.15, 0.2) is 24.3 Å². The molecule has 2 amide bonds. The molecule has 4 aliphatic rings. The topological polar surface area (TPSA) is 43.9 Å². The minimum atomic E-state index is -0.148. The van der Waals surface area contributed by atoms with Gasteiger partial charge in [0.15, 0.2) is 0 Å². The number of rotatable bonds is 2. The summed E-state index contributed by atoms with van der Waals surface area (Å²) in [4.78, 5) is 33.8. The Morgan fingerprint density at radius 2 is 1.55 bits per heavy atom. The largest absolute Gasteiger partial charge is 0.341 e. The van der Waals surface area contributed by atoms with Gasteiger partial charge in [-0.15, -0.1) is 0 Å². The van der Waals surface area contributed by atoms with Crippen LogP contribution in [-0.2, 0) is 16.0 Å². The predicted molar refractivity (Wildman–Crippen MR) is 114 cm³/mol. The minimum Gasteiger partial charge on any atom is -0.341 e. The summed E-state index contributed by atoms with van der Waals surface area (Å²) in [6.45, 7) is 4.78. The van der Waals surface area contributed by atoms with Gasteiger partial charge in [0.1, 0.15) is 0 Å². The predicted octanol–water partition coefficient (Wildman–Crippen LogP) is 3.08. The molecule has 5 rings (SSSR count). The van der Waals surface area contributed by atoms with Crippen LogP contribution in [0.1, 0.15) is 50.5 Å². The zero-order chi connectivity index (χ0) is 19.8. The third-order valence-electron chi connectivity index (χ3n) is 7.67. The first-order valence-electron chi connectivity index (χ1n) is 11.6. The lowest BCUT2D eigenvalue weighted by atomic mass is 9.77. The highest BCUT2D eigenvalue weighted by atomic mass is 16.2. The van der Waals surface area contributed by atoms with Crippen LogP contribution in [0.3, 0.4) is 0 Å². The van der Waals surface area contributed by atoms with Gasteiger partial charge in [-0.1, -0.05) is 31.0 Å². The second-order valence-corrected chi connectivity index (χ2v) is 9.34. The smallest absolute Gasteiger partial charge is 0.230 e. The Morgan fingerprint density at radius 3 is 2.41 bits per heavy atom. The Hall–Kier alpha value is -1.88. The number of fused-ring (bicyclic) bond motifs is 2. The second kappa shape index (κ2) is 8.10. The van der Waals surface area contributed by atoms with E-state index in [9.17, 15) is 9.59 Å². The molecule has 1 saturated carbocycles. The van der Waals surface area contributed by atoms with Crippen molar-refractivity contribution >= 4 is 17.5 Å². The van der Waals surface area contributed by atoms with Crippen LogP contribution in [0.5, 0.6) is 0 Å². The number of nitrogens with zero attached hydrogens (tertiary/aromatic N) is 3. The summed E-state index contributed by atoms with van der Waals surface area (Å²) in [5.74, 6) is 0.164. The lowest BCUT2D eigenvalue weighted by Crippen LogP contribution is -2.48. The molecule has 0 spiro atoms. The van der Waals surface area contributed by atoms with Crippen LogP contribution in [0, 0.1) is 11.8 Å². The Labute approximate surface area is 174 Å². The molecular formula is C24H33N3O2. The molecule has 0 bridgehead atoms. The van der Waals surface area contributed by atoms with Gasteiger partial charge in [-0.3, -0.25) is 14.5 Å². The Balaban J connectivity index is 1.33. The lowest BCUT2D eigenvalue weighted by molar-refractivity contribution is -0.143. The maximum Gasteiger partial charge on any atom is 0.230 e. The molecule has 0 unspecified atom stereocenters. The quantitative estimate of drug-likeness (QED) is 0.773. The van der Waals surface area contributed by atoms with Crippen molar-refractivity contribution in [1.82, 2.24) is 9.80 Å². The Morgan fingerprint density at radius 1 is 0.793 bits per heavy atom. The molecule has 1 aromatic carbocycles. The molecule has 3 atom stereocenters. The highest BCUT2D eigenvalue weighted by Crippen LogP contribution is 2.37. The molecule has 3 aliphatic heterocycles. The van der Waals surface area contributed by atoms with E-state index in [1.807, 2.05) is 17.0 Å². The summed E-state index contributed by atoms with van der Waals surface area (Å²) in [5, 5.41) is 0. The fourth-order valence-corrected chi connectivity index (χ4v) is 6.13. The molecule has 0 aromatic heterocycles. The van der Waals surface area contributed by atoms with Gasteiger partial charge in [0.25, 0.3) is 0 Å². The van der Waals surface area contributed by atoms with Crippen molar-refractivity contribution in [3.05, 3.63) is 29.8 Å². The van der Waals surface area contributed by atoms with E-state index in [-0.39, 0.29) is 23.7 Å². The maximum absolute atomic E-state index is 13.6. The second-order valence-electron chi connectivity index (χ2n) is 9.34. The normalized spacial score (nSPS) is 30.0. The summed E-state index contributed by atoms with van der Waals surface area (Å²) in [6, 6.07) is 8.77. The monoisotopic (exact) mass is 395 g/mol. The zero-order valence-corrected chi connectivity index (χ0v) is 17.4. The number of anilines is 1. The van der Waals surface area contributed by atoms with Crippen LogP contribution < -0.4 is 4.90 Å². The van der Waals surface area contributed by atoms with E-state index in [0.29, 0.717) is 6.04 Å². The van der Waals surface area contributed by atoms with Crippen molar-refractivity contribution in [3.8, 4) is 0 Å². The molecule has 5 heteroatoms. The molecule has 29 heavy (non-hydrogen) atoms. The first-order valence-corrected chi connectivity index (χ1v) is 11.6. The average Bonchev–Trinajstić information content (AvgIpc) is 3.34. The third-order valence-corrected chi connectivity index (χ3v) is 7.67. The van der Waals surface area contributed by atoms with Crippen molar-refractivity contribution in [3.63, 3.8) is 0 Å². The molecule has 1 aliphatic carbocycles. The van der Waals surface area contributed by atoms with E-state index in [1.165, 1.54) is 24.9 Å². The molecule has 0 N–H and O–H groups in total. The van der Waals surface area contributed by atoms with Gasteiger partial charge in [-0.05, 0) is 56.7 Å². The molecule has 3 fully saturated rings. The van der Waals surface area contributed by atoms with Crippen molar-refractivity contribution in [2.45, 2.75) is 57.4 Å². The molecule has 3 heterocycles. The first kappa shape index (κ1) is 19.1. The summed E-state index contributed by atoms with van der Waals surface area (Å²) >= 11 is 0. The van der Waals surface area contributed by atoms with E-state index < -0.39 is 0 Å². The molecular weight excluding hydrogens is 362 g/mol. The van der Waals surface area contributed by atoms with Crippen molar-refractivity contribution in [1.29, 1.82) is 0 Å². The van der Waals surface area contributed by atoms with Crippen molar-refractivity contribution in [2.75, 3.05) is 37.6 Å². The van der Waals surface area contributed by atoms with Crippen molar-refractivity contribution in [2.24, 2.45) is 11.8 Å². The van der Waals surface area contributed by atoms with Gasteiger partial charge in [-0.2, -0.15) is 0 Å². The van der Waals surface area contributed by atoms with Crippen molar-refractivity contribution < 1.29 is 9.59 Å². The summed E-state index contributed by atoms with van der Waals surface area (Å²) in [5.41, 5.74) is 2.32. The van der Waals surface area contributed by atoms with E-state index >= 15 is 0 Å². The third kappa shape index (κ3) is 3.58. The van der Waals surface area contributed by atoms with E-state index in [0.717, 1.165) is 70.4 Å². The van der Waals surface area contributed by atoms with E-state index in [2.05, 4.69) is 21.9 Å². The lowest BCUT2D eigenvalue weighted by Gasteiger charge is -2.36. The van der Waals surface area contributed by atoms with Gasteiger partial charge in [-0.25, -0.2) is 0 Å². The standard InChI is InChI=1S/C24H33N3O2/c28-23(26-15-6-14-25-13-5-8-19(25)17-26)20-9-2-3-10-21(20)24(29)27-16-12-18-7-1-4-11-22(18)27/h1,4,7,11,19-21H,2-3,5-6,8-10,12-17H2/t19-,20+,21-/m0/s1. The fraction of sp³-hybridized carbons (Fsp3) is 0.667. The zero-order valence-electron chi connectivity index (χ0n) is 17.4. The van der Waals surface area contributed by atoms with Gasteiger partial charge >= 0.3 is 0 Å². The van der Waals surface area contributed by atoms with Crippen LogP contribution in [0.25, 0.3) is 0 Å². The summed E-state index contributed by atoms with van der Waals surface area (Å²) < 4.78 is 0. The first-order chi connectivity index (χ1) is 14.2. The van der Waals surface area contributed by atoms with E-state index in [4.69, 9.17) is 0 Å². The number of hydrogen-bond donors (Lipinski definition) is 0. The molecule has 156 valence electrons. The Bertz CT molecular complexity index is 779. The van der Waals surface area contributed by atoms with Crippen LogP contribution >= 0.6 is 0 Å². The number of amides is 2. The summed E-state index contributed by atoms with van der Waals surface area (Å²) in [7, 11) is 0. The molecule has 5 nitrogen and oxygen atoms in total. The minimum absolute atomic E-state index is 0.128. The SMILES string of the molecule is O=C([C@@H]1CCCC[C@@H]1C(=O)N1CCc2ccccc21)N1CCCN2CCC[C@H]2C1. The van der Waals surface area contributed by atoms with E-state index in [1.54, 1.807) is 0 Å². The number of carbonyl (C=O) groups is 2. The Kier molecular flexibility index (Phi) is 5.33. The highest BCUT2D eigenvalue weighted by molar-refractivity contribution is 5.99. The number of benzene rings is 1. The van der Waals surface area contributed by atoms with Crippen LogP contribution in [0.4, 0.5) is 5.69 Å². The number of hydrogen-bond acceptors (Lipinski definition) is 3. The van der Waals surface area contributed by atoms with Gasteiger partial charge in [0, 0.05) is 43.8 Å². The highest BCUT2D eigenvalue weighted by Gasteiger charge is 2.42. The molecule has 1 aromatic rings. The average molecular weight is 396 g/mol. The maximum atomic E-state index is 13.6. The van der Waals surface area contributed by atoms with Gasteiger partial charge in [0.05, 0.1) is 5.92 Å². The number of para-hydroxylation sites is 1. The summed E-state index contributed by atoms with van der Waals surface area (Å²) in [6.07, 6.45) is 8.32. The van der Waals surface area contributed by atoms with Gasteiger partial charge in [0.2, 0.25) is 11.8 Å². The number of carbonyl (C=O) groups excluding carboxylic acids is 2. The molecule has 0 radical (unpaired) electrons.